The van der Waals surface area contributed by atoms with Gasteiger partial charge in [0, 0.05) is 32.1 Å². The van der Waals surface area contributed by atoms with Crippen LogP contribution in [0.15, 0.2) is 54.6 Å². The summed E-state index contributed by atoms with van der Waals surface area (Å²) in [6, 6.07) is 19.4. The number of carbonyl (C=O) groups excluding carboxylic acids is 1. The molecule has 3 heteroatoms. The summed E-state index contributed by atoms with van der Waals surface area (Å²) in [7, 11) is 0. The average Bonchev–Trinajstić information content (AvgIpc) is 2.94. The standard InChI is InChI=1S/C23H28N2O/c1-19(26)24-17-22-11-6-5-10-21(22)16-23(18-24)13-7-14-25(23)15-12-20-8-3-2-4-9-20/h2-6,8-11H,7,12-18H2,1H3. The van der Waals surface area contributed by atoms with Gasteiger partial charge in [-0.3, -0.25) is 9.69 Å². The second-order valence-electron chi connectivity index (χ2n) is 7.87. The molecule has 2 heterocycles. The molecule has 0 bridgehead atoms. The Labute approximate surface area is 156 Å². The summed E-state index contributed by atoms with van der Waals surface area (Å²) in [5.41, 5.74) is 4.22. The molecule has 2 aromatic carbocycles. The van der Waals surface area contributed by atoms with Crippen LogP contribution in [0.5, 0.6) is 0 Å². The zero-order valence-corrected chi connectivity index (χ0v) is 15.7. The summed E-state index contributed by atoms with van der Waals surface area (Å²) in [5, 5.41) is 0. The molecule has 2 aromatic rings. The van der Waals surface area contributed by atoms with Crippen molar-refractivity contribution in [1.82, 2.24) is 9.80 Å². The van der Waals surface area contributed by atoms with E-state index in [1.807, 2.05) is 0 Å². The number of amides is 1. The van der Waals surface area contributed by atoms with Crippen LogP contribution >= 0.6 is 0 Å². The van der Waals surface area contributed by atoms with E-state index in [-0.39, 0.29) is 11.4 Å². The molecule has 26 heavy (non-hydrogen) atoms. The first-order valence-corrected chi connectivity index (χ1v) is 9.78. The number of carbonyl (C=O) groups is 1. The number of hydrogen-bond donors (Lipinski definition) is 0. The average molecular weight is 348 g/mol. The van der Waals surface area contributed by atoms with Crippen molar-refractivity contribution in [1.29, 1.82) is 0 Å². The Morgan fingerprint density at radius 2 is 1.77 bits per heavy atom. The maximum absolute atomic E-state index is 12.3. The molecule has 0 N–H and O–H groups in total. The second-order valence-corrected chi connectivity index (χ2v) is 7.87. The quantitative estimate of drug-likeness (QED) is 0.845. The van der Waals surface area contributed by atoms with Crippen LogP contribution in [0.25, 0.3) is 0 Å². The normalized spacial score (nSPS) is 23.0. The lowest BCUT2D eigenvalue weighted by Gasteiger charge is -2.40. The van der Waals surface area contributed by atoms with E-state index in [1.54, 1.807) is 6.92 Å². The van der Waals surface area contributed by atoms with Gasteiger partial charge in [0.25, 0.3) is 0 Å². The Kier molecular flexibility index (Phi) is 4.82. The second kappa shape index (κ2) is 7.24. The van der Waals surface area contributed by atoms with Crippen molar-refractivity contribution in [2.45, 2.75) is 44.7 Å². The van der Waals surface area contributed by atoms with Crippen LogP contribution in [-0.4, -0.2) is 40.9 Å². The number of nitrogens with zero attached hydrogens (tertiary/aromatic N) is 2. The summed E-state index contributed by atoms with van der Waals surface area (Å²) in [4.78, 5) is 17.0. The van der Waals surface area contributed by atoms with Crippen LogP contribution < -0.4 is 0 Å². The lowest BCUT2D eigenvalue weighted by atomic mass is 9.87. The van der Waals surface area contributed by atoms with Gasteiger partial charge in [0.1, 0.15) is 0 Å². The molecule has 1 fully saturated rings. The van der Waals surface area contributed by atoms with Gasteiger partial charge in [-0.05, 0) is 48.9 Å². The van der Waals surface area contributed by atoms with Crippen LogP contribution in [0.2, 0.25) is 0 Å². The Balaban J connectivity index is 1.60. The molecule has 1 unspecified atom stereocenters. The highest BCUT2D eigenvalue weighted by atomic mass is 16.2. The van der Waals surface area contributed by atoms with Gasteiger partial charge in [0.15, 0.2) is 0 Å². The van der Waals surface area contributed by atoms with Crippen molar-refractivity contribution in [3.8, 4) is 0 Å². The predicted molar refractivity (Wildman–Crippen MR) is 105 cm³/mol. The molecular formula is C23H28N2O. The minimum Gasteiger partial charge on any atom is -0.337 e. The van der Waals surface area contributed by atoms with Gasteiger partial charge < -0.3 is 4.90 Å². The number of benzene rings is 2. The van der Waals surface area contributed by atoms with Gasteiger partial charge in [-0.2, -0.15) is 0 Å². The van der Waals surface area contributed by atoms with Crippen LogP contribution in [0, 0.1) is 0 Å². The molecule has 1 atom stereocenters. The summed E-state index contributed by atoms with van der Waals surface area (Å²) in [6.45, 7) is 5.52. The molecule has 0 aromatic heterocycles. The predicted octanol–water partition coefficient (Wildman–Crippen LogP) is 3.67. The maximum atomic E-state index is 12.3. The summed E-state index contributed by atoms with van der Waals surface area (Å²) in [5.74, 6) is 0.191. The SMILES string of the molecule is CC(=O)N1Cc2ccccc2CC2(CCCN2CCc2ccccc2)C1. The van der Waals surface area contributed by atoms with Crippen molar-refractivity contribution in [3.05, 3.63) is 71.3 Å². The van der Waals surface area contributed by atoms with Crippen molar-refractivity contribution in [2.75, 3.05) is 19.6 Å². The smallest absolute Gasteiger partial charge is 0.219 e. The van der Waals surface area contributed by atoms with E-state index in [1.165, 1.54) is 29.5 Å². The Hall–Kier alpha value is -2.13. The van der Waals surface area contributed by atoms with E-state index in [0.29, 0.717) is 0 Å². The molecular weight excluding hydrogens is 320 g/mol. The van der Waals surface area contributed by atoms with Gasteiger partial charge in [-0.1, -0.05) is 54.6 Å². The molecule has 1 spiro atoms. The van der Waals surface area contributed by atoms with Crippen molar-refractivity contribution in [3.63, 3.8) is 0 Å². The summed E-state index contributed by atoms with van der Waals surface area (Å²) in [6.07, 6.45) is 4.54. The molecule has 136 valence electrons. The first-order valence-electron chi connectivity index (χ1n) is 9.78. The van der Waals surface area contributed by atoms with Crippen LogP contribution in [0.3, 0.4) is 0 Å². The Morgan fingerprint density at radius 3 is 2.54 bits per heavy atom. The molecule has 1 saturated heterocycles. The van der Waals surface area contributed by atoms with E-state index < -0.39 is 0 Å². The maximum Gasteiger partial charge on any atom is 0.219 e. The third kappa shape index (κ3) is 3.41. The molecule has 2 aliphatic rings. The van der Waals surface area contributed by atoms with Crippen LogP contribution in [0.1, 0.15) is 36.5 Å². The zero-order valence-electron chi connectivity index (χ0n) is 15.7. The van der Waals surface area contributed by atoms with Crippen molar-refractivity contribution >= 4 is 5.91 Å². The van der Waals surface area contributed by atoms with Crippen molar-refractivity contribution < 1.29 is 4.79 Å². The fourth-order valence-electron chi connectivity index (χ4n) is 4.77. The largest absolute Gasteiger partial charge is 0.337 e. The number of likely N-dealkylation sites (tertiary alicyclic amines) is 1. The third-order valence-electron chi connectivity index (χ3n) is 6.18. The zero-order chi connectivity index (χ0) is 18.0. The van der Waals surface area contributed by atoms with Gasteiger partial charge in [0.05, 0.1) is 0 Å². The number of fused-ring (bicyclic) bond motifs is 1. The first-order chi connectivity index (χ1) is 12.7. The highest BCUT2D eigenvalue weighted by molar-refractivity contribution is 5.73. The fourth-order valence-corrected chi connectivity index (χ4v) is 4.77. The number of rotatable bonds is 3. The molecule has 0 saturated carbocycles. The lowest BCUT2D eigenvalue weighted by Crippen LogP contribution is -2.53. The summed E-state index contributed by atoms with van der Waals surface area (Å²) >= 11 is 0. The van der Waals surface area contributed by atoms with Crippen molar-refractivity contribution in [2.24, 2.45) is 0 Å². The molecule has 0 radical (unpaired) electrons. The highest BCUT2D eigenvalue weighted by Crippen LogP contribution is 2.37. The minimum atomic E-state index is 0.0903. The van der Waals surface area contributed by atoms with Crippen LogP contribution in [0.4, 0.5) is 0 Å². The topological polar surface area (TPSA) is 23.6 Å². The first kappa shape index (κ1) is 17.3. The molecule has 3 nitrogen and oxygen atoms in total. The minimum absolute atomic E-state index is 0.0903. The summed E-state index contributed by atoms with van der Waals surface area (Å²) < 4.78 is 0. The van der Waals surface area contributed by atoms with E-state index >= 15 is 0 Å². The molecule has 1 amide bonds. The Morgan fingerprint density at radius 1 is 1.04 bits per heavy atom. The monoisotopic (exact) mass is 348 g/mol. The third-order valence-corrected chi connectivity index (χ3v) is 6.18. The van der Waals surface area contributed by atoms with E-state index in [0.717, 1.165) is 39.0 Å². The van der Waals surface area contributed by atoms with Gasteiger partial charge >= 0.3 is 0 Å². The molecule has 0 aliphatic carbocycles. The van der Waals surface area contributed by atoms with Gasteiger partial charge in [0.2, 0.25) is 5.91 Å². The van der Waals surface area contributed by atoms with Gasteiger partial charge in [-0.25, -0.2) is 0 Å². The fraction of sp³-hybridized carbons (Fsp3) is 0.435. The Bertz CT molecular complexity index is 773. The van der Waals surface area contributed by atoms with E-state index in [9.17, 15) is 4.79 Å². The van der Waals surface area contributed by atoms with E-state index in [2.05, 4.69) is 64.4 Å². The van der Waals surface area contributed by atoms with Gasteiger partial charge in [-0.15, -0.1) is 0 Å². The molecule has 2 aliphatic heterocycles. The number of hydrogen-bond acceptors (Lipinski definition) is 2. The lowest BCUT2D eigenvalue weighted by molar-refractivity contribution is -0.131. The molecule has 4 rings (SSSR count). The van der Waals surface area contributed by atoms with Crippen LogP contribution in [-0.2, 0) is 24.2 Å². The van der Waals surface area contributed by atoms with E-state index in [4.69, 9.17) is 0 Å². The highest BCUT2D eigenvalue weighted by Gasteiger charge is 2.44.